The van der Waals surface area contributed by atoms with Gasteiger partial charge in [-0.25, -0.2) is 13.4 Å². The lowest BCUT2D eigenvalue weighted by atomic mass is 10.1. The zero-order valence-electron chi connectivity index (χ0n) is 12.5. The second kappa shape index (κ2) is 5.93. The fourth-order valence-electron chi connectivity index (χ4n) is 3.24. The molecule has 3 rings (SSSR count). The summed E-state index contributed by atoms with van der Waals surface area (Å²) in [6.45, 7) is 3.52. The van der Waals surface area contributed by atoms with Crippen LogP contribution in [0.4, 0.5) is 5.82 Å². The van der Waals surface area contributed by atoms with Gasteiger partial charge in [-0.3, -0.25) is 0 Å². The molecule has 0 radical (unpaired) electrons. The van der Waals surface area contributed by atoms with E-state index >= 15 is 0 Å². The van der Waals surface area contributed by atoms with E-state index in [0.717, 1.165) is 37.4 Å². The molecule has 1 aromatic rings. The molecule has 0 bridgehead atoms. The highest BCUT2D eigenvalue weighted by Gasteiger charge is 2.27. The van der Waals surface area contributed by atoms with Crippen molar-refractivity contribution >= 4 is 15.8 Å². The molecule has 2 atom stereocenters. The summed E-state index contributed by atoms with van der Waals surface area (Å²) >= 11 is 0. The van der Waals surface area contributed by atoms with Crippen LogP contribution in [0, 0.1) is 5.92 Å². The molecule has 2 heterocycles. The number of rotatable bonds is 4. The average molecular weight is 309 g/mol. The van der Waals surface area contributed by atoms with Crippen LogP contribution in [-0.4, -0.2) is 36.8 Å². The van der Waals surface area contributed by atoms with E-state index in [-0.39, 0.29) is 0 Å². The van der Waals surface area contributed by atoms with Crippen LogP contribution in [0.25, 0.3) is 0 Å². The monoisotopic (exact) mass is 309 g/mol. The van der Waals surface area contributed by atoms with E-state index in [4.69, 9.17) is 0 Å². The van der Waals surface area contributed by atoms with E-state index in [2.05, 4.69) is 17.2 Å². The molecule has 1 aromatic heterocycles. The number of aromatic nitrogens is 1. The molecular weight excluding hydrogens is 286 g/mol. The van der Waals surface area contributed by atoms with Crippen LogP contribution < -0.4 is 5.32 Å². The van der Waals surface area contributed by atoms with Gasteiger partial charge in [-0.15, -0.1) is 0 Å². The zero-order valence-corrected chi connectivity index (χ0v) is 13.3. The van der Waals surface area contributed by atoms with Crippen molar-refractivity contribution in [2.45, 2.75) is 50.0 Å². The van der Waals surface area contributed by atoms with Gasteiger partial charge in [0.25, 0.3) is 0 Å². The molecule has 0 aromatic carbocycles. The molecule has 21 heavy (non-hydrogen) atoms. The smallest absolute Gasteiger partial charge is 0.244 e. The van der Waals surface area contributed by atoms with Gasteiger partial charge in [-0.05, 0) is 50.2 Å². The van der Waals surface area contributed by atoms with Crippen LogP contribution in [-0.2, 0) is 10.0 Å². The Bertz CT molecular complexity index is 579. The van der Waals surface area contributed by atoms with Gasteiger partial charge < -0.3 is 5.32 Å². The zero-order chi connectivity index (χ0) is 14.9. The summed E-state index contributed by atoms with van der Waals surface area (Å²) in [5, 5.41) is 3.40. The normalized spacial score (nSPS) is 27.1. The minimum Gasteiger partial charge on any atom is -0.367 e. The van der Waals surface area contributed by atoms with Gasteiger partial charge in [0.1, 0.15) is 10.7 Å². The van der Waals surface area contributed by atoms with Gasteiger partial charge >= 0.3 is 0 Å². The Morgan fingerprint density at radius 2 is 2.00 bits per heavy atom. The fourth-order valence-corrected chi connectivity index (χ4v) is 4.71. The standard InChI is InChI=1S/C15H23N3O2S/c1-12-4-5-13(10-12)17-15-7-6-14(11-16-15)21(19,20)18-8-2-3-9-18/h6-7,11-13H,2-5,8-10H2,1H3,(H,16,17). The maximum absolute atomic E-state index is 12.4. The first-order valence-electron chi connectivity index (χ1n) is 7.78. The van der Waals surface area contributed by atoms with Crippen molar-refractivity contribution in [3.8, 4) is 0 Å². The maximum Gasteiger partial charge on any atom is 0.244 e. The number of hydrogen-bond donors (Lipinski definition) is 1. The summed E-state index contributed by atoms with van der Waals surface area (Å²) in [7, 11) is -3.35. The number of sulfonamides is 1. The highest BCUT2D eigenvalue weighted by Crippen LogP contribution is 2.27. The molecule has 1 saturated heterocycles. The molecule has 0 amide bonds. The lowest BCUT2D eigenvalue weighted by molar-refractivity contribution is 0.477. The summed E-state index contributed by atoms with van der Waals surface area (Å²) in [6.07, 6.45) is 6.96. The van der Waals surface area contributed by atoms with E-state index in [1.54, 1.807) is 16.4 Å². The van der Waals surface area contributed by atoms with Gasteiger partial charge in [0.05, 0.1) is 0 Å². The molecule has 1 aliphatic carbocycles. The molecule has 6 heteroatoms. The molecule has 2 fully saturated rings. The SMILES string of the molecule is CC1CCC(Nc2ccc(S(=O)(=O)N3CCCC3)cn2)C1. The van der Waals surface area contributed by atoms with E-state index in [0.29, 0.717) is 24.0 Å². The average Bonchev–Trinajstić information content (AvgIpc) is 3.11. The lowest BCUT2D eigenvalue weighted by Crippen LogP contribution is -2.28. The first kappa shape index (κ1) is 14.8. The molecule has 1 N–H and O–H groups in total. The topological polar surface area (TPSA) is 62.3 Å². The third-order valence-electron chi connectivity index (χ3n) is 4.49. The Hall–Kier alpha value is -1.14. The van der Waals surface area contributed by atoms with Crippen molar-refractivity contribution in [3.05, 3.63) is 18.3 Å². The highest BCUT2D eigenvalue weighted by atomic mass is 32.2. The lowest BCUT2D eigenvalue weighted by Gasteiger charge is -2.16. The minimum atomic E-state index is -3.35. The van der Waals surface area contributed by atoms with Gasteiger partial charge in [0, 0.05) is 25.3 Å². The number of nitrogens with zero attached hydrogens (tertiary/aromatic N) is 2. The van der Waals surface area contributed by atoms with E-state index < -0.39 is 10.0 Å². The van der Waals surface area contributed by atoms with Crippen LogP contribution in [0.5, 0.6) is 0 Å². The molecule has 1 aliphatic heterocycles. The number of anilines is 1. The van der Waals surface area contributed by atoms with Crippen LogP contribution in [0.2, 0.25) is 0 Å². The Kier molecular flexibility index (Phi) is 4.17. The first-order chi connectivity index (χ1) is 10.1. The Labute approximate surface area is 126 Å². The summed E-state index contributed by atoms with van der Waals surface area (Å²) in [5.74, 6) is 1.53. The molecule has 0 spiro atoms. The molecular formula is C15H23N3O2S. The van der Waals surface area contributed by atoms with Gasteiger partial charge in [0.2, 0.25) is 10.0 Å². The van der Waals surface area contributed by atoms with Crippen LogP contribution in [0.3, 0.4) is 0 Å². The summed E-state index contributed by atoms with van der Waals surface area (Å²) in [6, 6.07) is 3.92. The van der Waals surface area contributed by atoms with Crippen molar-refractivity contribution in [2.75, 3.05) is 18.4 Å². The van der Waals surface area contributed by atoms with Crippen LogP contribution in [0.15, 0.2) is 23.2 Å². The van der Waals surface area contributed by atoms with Crippen molar-refractivity contribution in [1.29, 1.82) is 0 Å². The first-order valence-corrected chi connectivity index (χ1v) is 9.22. The fraction of sp³-hybridized carbons (Fsp3) is 0.667. The quantitative estimate of drug-likeness (QED) is 0.928. The maximum atomic E-state index is 12.4. The van der Waals surface area contributed by atoms with Crippen molar-refractivity contribution in [2.24, 2.45) is 5.92 Å². The summed E-state index contributed by atoms with van der Waals surface area (Å²) in [5.41, 5.74) is 0. The van der Waals surface area contributed by atoms with Crippen LogP contribution >= 0.6 is 0 Å². The predicted octanol–water partition coefficient (Wildman–Crippen LogP) is 2.47. The van der Waals surface area contributed by atoms with E-state index in [9.17, 15) is 8.42 Å². The minimum absolute atomic E-state index is 0.301. The van der Waals surface area contributed by atoms with Gasteiger partial charge in [-0.2, -0.15) is 4.31 Å². The van der Waals surface area contributed by atoms with E-state index in [1.807, 2.05) is 0 Å². The highest BCUT2D eigenvalue weighted by molar-refractivity contribution is 7.89. The third-order valence-corrected chi connectivity index (χ3v) is 6.37. The second-order valence-electron chi connectivity index (χ2n) is 6.25. The van der Waals surface area contributed by atoms with Gasteiger partial charge in [0.15, 0.2) is 0 Å². The number of pyridine rings is 1. The van der Waals surface area contributed by atoms with Crippen molar-refractivity contribution in [1.82, 2.24) is 9.29 Å². The Morgan fingerprint density at radius 3 is 2.57 bits per heavy atom. The largest absolute Gasteiger partial charge is 0.367 e. The number of nitrogens with one attached hydrogen (secondary N) is 1. The molecule has 1 saturated carbocycles. The Morgan fingerprint density at radius 1 is 1.24 bits per heavy atom. The molecule has 116 valence electrons. The molecule has 5 nitrogen and oxygen atoms in total. The third kappa shape index (κ3) is 3.21. The van der Waals surface area contributed by atoms with Crippen molar-refractivity contribution in [3.63, 3.8) is 0 Å². The van der Waals surface area contributed by atoms with Gasteiger partial charge in [-0.1, -0.05) is 6.92 Å². The van der Waals surface area contributed by atoms with E-state index in [1.165, 1.54) is 12.6 Å². The molecule has 2 aliphatic rings. The summed E-state index contributed by atoms with van der Waals surface area (Å²) in [4.78, 5) is 4.59. The predicted molar refractivity (Wildman–Crippen MR) is 82.7 cm³/mol. The summed E-state index contributed by atoms with van der Waals surface area (Å²) < 4.78 is 26.3. The Balaban J connectivity index is 1.69. The second-order valence-corrected chi connectivity index (χ2v) is 8.19. The van der Waals surface area contributed by atoms with Crippen LogP contribution in [0.1, 0.15) is 39.0 Å². The van der Waals surface area contributed by atoms with Crippen molar-refractivity contribution < 1.29 is 8.42 Å². The number of hydrogen-bond acceptors (Lipinski definition) is 4. The molecule has 2 unspecified atom stereocenters.